The lowest BCUT2D eigenvalue weighted by atomic mass is 10.2. The van der Waals surface area contributed by atoms with E-state index in [2.05, 4.69) is 0 Å². The highest BCUT2D eigenvalue weighted by Gasteiger charge is 2.26. The molecule has 0 radical (unpaired) electrons. The molecule has 1 saturated heterocycles. The van der Waals surface area contributed by atoms with Crippen LogP contribution >= 0.6 is 11.6 Å². The Labute approximate surface area is 186 Å². The molecule has 31 heavy (non-hydrogen) atoms. The SMILES string of the molecule is COc1cc(C(=O)OCC(=O)N2C[C@@H](C)O[C@@H](C)C2)ccc1OCc1ccc(Cl)cc1. The van der Waals surface area contributed by atoms with Gasteiger partial charge in [-0.2, -0.15) is 0 Å². The first-order valence-corrected chi connectivity index (χ1v) is 10.4. The molecule has 0 aliphatic carbocycles. The molecule has 0 N–H and O–H groups in total. The van der Waals surface area contributed by atoms with Gasteiger partial charge in [0.15, 0.2) is 18.1 Å². The molecule has 3 rings (SSSR count). The molecule has 166 valence electrons. The van der Waals surface area contributed by atoms with E-state index in [4.69, 9.17) is 30.5 Å². The third-order valence-electron chi connectivity index (χ3n) is 4.81. The van der Waals surface area contributed by atoms with E-state index in [9.17, 15) is 9.59 Å². The molecule has 1 amide bonds. The van der Waals surface area contributed by atoms with Crippen LogP contribution < -0.4 is 9.47 Å². The molecule has 0 saturated carbocycles. The number of benzene rings is 2. The molecular formula is C23H26ClNO6. The largest absolute Gasteiger partial charge is 0.493 e. The minimum atomic E-state index is -0.606. The van der Waals surface area contributed by atoms with Gasteiger partial charge in [0.1, 0.15) is 6.61 Å². The molecule has 1 aliphatic heterocycles. The molecule has 7 nitrogen and oxygen atoms in total. The van der Waals surface area contributed by atoms with Crippen LogP contribution in [0.5, 0.6) is 11.5 Å². The fraction of sp³-hybridized carbons (Fsp3) is 0.391. The van der Waals surface area contributed by atoms with Gasteiger partial charge in [0, 0.05) is 18.1 Å². The lowest BCUT2D eigenvalue weighted by molar-refractivity contribution is -0.146. The molecule has 2 atom stereocenters. The van der Waals surface area contributed by atoms with Crippen molar-refractivity contribution in [1.29, 1.82) is 0 Å². The summed E-state index contributed by atoms with van der Waals surface area (Å²) in [7, 11) is 1.49. The fourth-order valence-corrected chi connectivity index (χ4v) is 3.46. The van der Waals surface area contributed by atoms with Crippen molar-refractivity contribution in [2.45, 2.75) is 32.7 Å². The van der Waals surface area contributed by atoms with E-state index >= 15 is 0 Å². The second-order valence-electron chi connectivity index (χ2n) is 7.41. The predicted molar refractivity (Wildman–Crippen MR) is 116 cm³/mol. The summed E-state index contributed by atoms with van der Waals surface area (Å²) in [6.07, 6.45) is -0.0961. The predicted octanol–water partition coefficient (Wildman–Crippen LogP) is 3.72. The first-order valence-electron chi connectivity index (χ1n) is 10.0. The summed E-state index contributed by atoms with van der Waals surface area (Å²) >= 11 is 5.89. The Hall–Kier alpha value is -2.77. The Morgan fingerprint density at radius 1 is 1.06 bits per heavy atom. The topological polar surface area (TPSA) is 74.3 Å². The molecule has 2 aromatic carbocycles. The van der Waals surface area contributed by atoms with Crippen LogP contribution in [0.1, 0.15) is 29.8 Å². The van der Waals surface area contributed by atoms with Crippen LogP contribution in [0, 0.1) is 0 Å². The quantitative estimate of drug-likeness (QED) is 0.602. The standard InChI is InChI=1S/C23H26ClNO6/c1-15-11-25(12-16(2)31-15)22(26)14-30-23(27)18-6-9-20(21(10-18)28-3)29-13-17-4-7-19(24)8-5-17/h4-10,15-16H,11-14H2,1-3H3/t15-,16+. The maximum absolute atomic E-state index is 12.4. The van der Waals surface area contributed by atoms with Gasteiger partial charge in [-0.3, -0.25) is 4.79 Å². The van der Waals surface area contributed by atoms with Crippen LogP contribution in [0.25, 0.3) is 0 Å². The normalized spacial score (nSPS) is 18.4. The zero-order valence-electron chi connectivity index (χ0n) is 17.8. The summed E-state index contributed by atoms with van der Waals surface area (Å²) in [6.45, 7) is 4.77. The number of methoxy groups -OCH3 is 1. The molecular weight excluding hydrogens is 422 g/mol. The van der Waals surface area contributed by atoms with Crippen molar-refractivity contribution in [3.63, 3.8) is 0 Å². The van der Waals surface area contributed by atoms with E-state index in [1.807, 2.05) is 26.0 Å². The number of halogens is 1. The van der Waals surface area contributed by atoms with Crippen molar-refractivity contribution in [2.75, 3.05) is 26.8 Å². The van der Waals surface area contributed by atoms with Gasteiger partial charge in [-0.25, -0.2) is 4.79 Å². The molecule has 1 fully saturated rings. The molecule has 0 bridgehead atoms. The summed E-state index contributed by atoms with van der Waals surface area (Å²) in [5.41, 5.74) is 1.22. The van der Waals surface area contributed by atoms with Crippen LogP contribution in [0.4, 0.5) is 0 Å². The average Bonchev–Trinajstić information content (AvgIpc) is 2.76. The van der Waals surface area contributed by atoms with Crippen LogP contribution in [-0.4, -0.2) is 55.8 Å². The number of morpholine rings is 1. The maximum atomic E-state index is 12.4. The van der Waals surface area contributed by atoms with Crippen molar-refractivity contribution >= 4 is 23.5 Å². The van der Waals surface area contributed by atoms with E-state index in [1.54, 1.807) is 29.2 Å². The number of esters is 1. The van der Waals surface area contributed by atoms with Crippen molar-refractivity contribution in [3.8, 4) is 11.5 Å². The Bertz CT molecular complexity index is 907. The van der Waals surface area contributed by atoms with Gasteiger partial charge in [0.25, 0.3) is 5.91 Å². The Morgan fingerprint density at radius 3 is 2.39 bits per heavy atom. The zero-order chi connectivity index (χ0) is 22.4. The summed E-state index contributed by atoms with van der Waals surface area (Å²) < 4.78 is 22.0. The molecule has 1 heterocycles. The van der Waals surface area contributed by atoms with Crippen LogP contribution in [0.3, 0.4) is 0 Å². The lowest BCUT2D eigenvalue weighted by Crippen LogP contribution is -2.49. The lowest BCUT2D eigenvalue weighted by Gasteiger charge is -2.35. The van der Waals surface area contributed by atoms with E-state index in [0.717, 1.165) is 5.56 Å². The third kappa shape index (κ3) is 6.35. The summed E-state index contributed by atoms with van der Waals surface area (Å²) in [5.74, 6) is 0.0300. The van der Waals surface area contributed by atoms with Crippen molar-refractivity contribution in [2.24, 2.45) is 0 Å². The van der Waals surface area contributed by atoms with Gasteiger partial charge in [-0.15, -0.1) is 0 Å². The monoisotopic (exact) mass is 447 g/mol. The number of hydrogen-bond donors (Lipinski definition) is 0. The number of nitrogens with zero attached hydrogens (tertiary/aromatic N) is 1. The first kappa shape index (κ1) is 22.9. The number of rotatable bonds is 7. The number of amides is 1. The molecule has 1 aliphatic rings. The van der Waals surface area contributed by atoms with Crippen molar-refractivity contribution < 1.29 is 28.5 Å². The Balaban J connectivity index is 1.57. The van der Waals surface area contributed by atoms with Gasteiger partial charge in [-0.05, 0) is 49.7 Å². The van der Waals surface area contributed by atoms with E-state index in [1.165, 1.54) is 13.2 Å². The van der Waals surface area contributed by atoms with Gasteiger partial charge in [-0.1, -0.05) is 23.7 Å². The molecule has 0 unspecified atom stereocenters. The molecule has 8 heteroatoms. The Morgan fingerprint density at radius 2 is 1.74 bits per heavy atom. The summed E-state index contributed by atoms with van der Waals surface area (Å²) in [5, 5.41) is 0.653. The Kier molecular flexibility index (Phi) is 7.76. The highest BCUT2D eigenvalue weighted by atomic mass is 35.5. The molecule has 0 aromatic heterocycles. The smallest absolute Gasteiger partial charge is 0.338 e. The van der Waals surface area contributed by atoms with Gasteiger partial charge in [0.2, 0.25) is 0 Å². The zero-order valence-corrected chi connectivity index (χ0v) is 18.6. The number of carbonyl (C=O) groups excluding carboxylic acids is 2. The minimum Gasteiger partial charge on any atom is -0.493 e. The number of carbonyl (C=O) groups is 2. The minimum absolute atomic E-state index is 0.0481. The van der Waals surface area contributed by atoms with Crippen molar-refractivity contribution in [1.82, 2.24) is 4.90 Å². The van der Waals surface area contributed by atoms with Crippen LogP contribution in [0.2, 0.25) is 5.02 Å². The molecule has 2 aromatic rings. The van der Waals surface area contributed by atoms with Gasteiger partial charge < -0.3 is 23.8 Å². The number of hydrogen-bond acceptors (Lipinski definition) is 6. The van der Waals surface area contributed by atoms with Gasteiger partial charge >= 0.3 is 5.97 Å². The first-order chi connectivity index (χ1) is 14.9. The maximum Gasteiger partial charge on any atom is 0.338 e. The van der Waals surface area contributed by atoms with Crippen molar-refractivity contribution in [3.05, 3.63) is 58.6 Å². The average molecular weight is 448 g/mol. The van der Waals surface area contributed by atoms with E-state index in [0.29, 0.717) is 36.2 Å². The van der Waals surface area contributed by atoms with Gasteiger partial charge in [0.05, 0.1) is 24.9 Å². The van der Waals surface area contributed by atoms with E-state index < -0.39 is 5.97 Å². The third-order valence-corrected chi connectivity index (χ3v) is 5.06. The summed E-state index contributed by atoms with van der Waals surface area (Å²) in [4.78, 5) is 26.5. The highest BCUT2D eigenvalue weighted by molar-refractivity contribution is 6.30. The summed E-state index contributed by atoms with van der Waals surface area (Å²) in [6, 6.07) is 12.1. The van der Waals surface area contributed by atoms with Crippen LogP contribution in [0.15, 0.2) is 42.5 Å². The fourth-order valence-electron chi connectivity index (χ4n) is 3.34. The second-order valence-corrected chi connectivity index (χ2v) is 7.85. The number of ether oxygens (including phenoxy) is 4. The highest BCUT2D eigenvalue weighted by Crippen LogP contribution is 2.29. The van der Waals surface area contributed by atoms with Crippen LogP contribution in [-0.2, 0) is 20.9 Å². The molecule has 0 spiro atoms. The second kappa shape index (κ2) is 10.5. The van der Waals surface area contributed by atoms with E-state index in [-0.39, 0.29) is 30.3 Å².